The molecular weight excluding hydrogens is 292 g/mol. The number of aryl methyl sites for hydroxylation is 1. The lowest BCUT2D eigenvalue weighted by Gasteiger charge is -2.35. The van der Waals surface area contributed by atoms with Gasteiger partial charge in [-0.1, -0.05) is 11.2 Å². The highest BCUT2D eigenvalue weighted by molar-refractivity contribution is 5.47. The monoisotopic (exact) mass is 316 g/mol. The predicted octanol–water partition coefficient (Wildman–Crippen LogP) is 3.30. The largest absolute Gasteiger partial charge is 0.496 e. The molecule has 0 saturated carbocycles. The van der Waals surface area contributed by atoms with Crippen LogP contribution in [-0.2, 0) is 11.2 Å². The SMILES string of the molecule is COc1ccc(C)c2c1C[C@H](CC1CCNC1)O[C@H]2CN=[N+]=[N-]. The van der Waals surface area contributed by atoms with E-state index in [9.17, 15) is 0 Å². The molecule has 1 aromatic rings. The molecule has 3 rings (SSSR count). The summed E-state index contributed by atoms with van der Waals surface area (Å²) < 4.78 is 11.9. The number of nitrogens with one attached hydrogen (secondary N) is 1. The number of hydrogen-bond donors (Lipinski definition) is 1. The molecule has 2 aliphatic heterocycles. The predicted molar refractivity (Wildman–Crippen MR) is 88.7 cm³/mol. The van der Waals surface area contributed by atoms with E-state index < -0.39 is 0 Å². The Labute approximate surface area is 136 Å². The third-order valence-electron chi connectivity index (χ3n) is 4.93. The molecular formula is C17H24N4O2. The first-order valence-corrected chi connectivity index (χ1v) is 8.26. The second-order valence-corrected chi connectivity index (χ2v) is 6.44. The normalized spacial score (nSPS) is 26.4. The van der Waals surface area contributed by atoms with Crippen molar-refractivity contribution in [3.63, 3.8) is 0 Å². The molecule has 2 heterocycles. The van der Waals surface area contributed by atoms with E-state index in [4.69, 9.17) is 15.0 Å². The van der Waals surface area contributed by atoms with Crippen molar-refractivity contribution in [3.05, 3.63) is 39.3 Å². The van der Waals surface area contributed by atoms with Gasteiger partial charge in [-0.15, -0.1) is 0 Å². The molecule has 0 aliphatic carbocycles. The molecule has 124 valence electrons. The van der Waals surface area contributed by atoms with Crippen LogP contribution in [0.15, 0.2) is 17.2 Å². The minimum Gasteiger partial charge on any atom is -0.496 e. The zero-order chi connectivity index (χ0) is 16.2. The van der Waals surface area contributed by atoms with E-state index in [-0.39, 0.29) is 12.2 Å². The van der Waals surface area contributed by atoms with Gasteiger partial charge in [-0.05, 0) is 61.5 Å². The molecule has 1 aromatic carbocycles. The first kappa shape index (κ1) is 16.1. The molecule has 2 aliphatic rings. The van der Waals surface area contributed by atoms with E-state index in [2.05, 4.69) is 22.3 Å². The van der Waals surface area contributed by atoms with Gasteiger partial charge in [0.2, 0.25) is 0 Å². The van der Waals surface area contributed by atoms with Gasteiger partial charge in [-0.2, -0.15) is 0 Å². The van der Waals surface area contributed by atoms with Crippen LogP contribution in [0, 0.1) is 12.8 Å². The summed E-state index contributed by atoms with van der Waals surface area (Å²) in [5.74, 6) is 1.58. The fraction of sp³-hybridized carbons (Fsp3) is 0.647. The molecule has 6 heteroatoms. The number of methoxy groups -OCH3 is 1. The Morgan fingerprint density at radius 1 is 1.48 bits per heavy atom. The minimum absolute atomic E-state index is 0.155. The van der Waals surface area contributed by atoms with Gasteiger partial charge in [-0.25, -0.2) is 0 Å². The molecule has 1 unspecified atom stereocenters. The van der Waals surface area contributed by atoms with E-state index in [1.54, 1.807) is 7.11 Å². The molecule has 0 aromatic heterocycles. The van der Waals surface area contributed by atoms with Crippen molar-refractivity contribution in [1.29, 1.82) is 0 Å². The third-order valence-corrected chi connectivity index (χ3v) is 4.93. The van der Waals surface area contributed by atoms with Crippen molar-refractivity contribution in [2.75, 3.05) is 26.7 Å². The number of hydrogen-bond acceptors (Lipinski definition) is 4. The highest BCUT2D eigenvalue weighted by Crippen LogP contribution is 2.39. The lowest BCUT2D eigenvalue weighted by Crippen LogP contribution is -2.31. The molecule has 6 nitrogen and oxygen atoms in total. The van der Waals surface area contributed by atoms with Crippen molar-refractivity contribution < 1.29 is 9.47 Å². The summed E-state index contributed by atoms with van der Waals surface area (Å²) in [4.78, 5) is 2.91. The second kappa shape index (κ2) is 7.21. The van der Waals surface area contributed by atoms with Crippen LogP contribution in [-0.4, -0.2) is 32.8 Å². The molecule has 1 N–H and O–H groups in total. The average Bonchev–Trinajstić information content (AvgIpc) is 3.06. The van der Waals surface area contributed by atoms with Crippen molar-refractivity contribution in [2.45, 2.75) is 38.4 Å². The Hall–Kier alpha value is -1.75. The molecule has 3 atom stereocenters. The van der Waals surface area contributed by atoms with Crippen molar-refractivity contribution in [1.82, 2.24) is 5.32 Å². The van der Waals surface area contributed by atoms with Gasteiger partial charge in [0.15, 0.2) is 0 Å². The molecule has 0 radical (unpaired) electrons. The Morgan fingerprint density at radius 3 is 3.04 bits per heavy atom. The fourth-order valence-electron chi connectivity index (χ4n) is 3.86. The molecule has 0 spiro atoms. The molecule has 23 heavy (non-hydrogen) atoms. The van der Waals surface area contributed by atoms with Crippen LogP contribution in [0.1, 0.15) is 35.6 Å². The zero-order valence-electron chi connectivity index (χ0n) is 13.8. The van der Waals surface area contributed by atoms with Crippen LogP contribution in [0.5, 0.6) is 5.75 Å². The summed E-state index contributed by atoms with van der Waals surface area (Å²) >= 11 is 0. The van der Waals surface area contributed by atoms with Crippen LogP contribution >= 0.6 is 0 Å². The molecule has 0 bridgehead atoms. The maximum atomic E-state index is 8.68. The van der Waals surface area contributed by atoms with Gasteiger partial charge in [0, 0.05) is 16.9 Å². The van der Waals surface area contributed by atoms with Crippen LogP contribution < -0.4 is 10.1 Å². The van der Waals surface area contributed by atoms with E-state index in [1.165, 1.54) is 17.5 Å². The first-order chi connectivity index (χ1) is 11.2. The summed E-state index contributed by atoms with van der Waals surface area (Å²) in [5, 5.41) is 7.17. The fourth-order valence-corrected chi connectivity index (χ4v) is 3.86. The number of fused-ring (bicyclic) bond motifs is 1. The molecule has 1 saturated heterocycles. The number of nitrogens with zero attached hydrogens (tertiary/aromatic N) is 3. The van der Waals surface area contributed by atoms with Crippen LogP contribution in [0.4, 0.5) is 0 Å². The van der Waals surface area contributed by atoms with Gasteiger partial charge < -0.3 is 14.8 Å². The van der Waals surface area contributed by atoms with Crippen molar-refractivity contribution >= 4 is 0 Å². The third kappa shape index (κ3) is 3.44. The highest BCUT2D eigenvalue weighted by Gasteiger charge is 2.32. The van der Waals surface area contributed by atoms with Gasteiger partial charge in [-0.3, -0.25) is 0 Å². The highest BCUT2D eigenvalue weighted by atomic mass is 16.5. The summed E-state index contributed by atoms with van der Waals surface area (Å²) in [6, 6.07) is 4.07. The topological polar surface area (TPSA) is 79.2 Å². The van der Waals surface area contributed by atoms with E-state index >= 15 is 0 Å². The summed E-state index contributed by atoms with van der Waals surface area (Å²) in [5.41, 5.74) is 12.2. The molecule has 1 fully saturated rings. The smallest absolute Gasteiger partial charge is 0.122 e. The van der Waals surface area contributed by atoms with Gasteiger partial charge in [0.25, 0.3) is 0 Å². The van der Waals surface area contributed by atoms with E-state index in [0.29, 0.717) is 12.5 Å². The molecule has 0 amide bonds. The van der Waals surface area contributed by atoms with E-state index in [0.717, 1.165) is 37.2 Å². The van der Waals surface area contributed by atoms with Crippen LogP contribution in [0.2, 0.25) is 0 Å². The van der Waals surface area contributed by atoms with Crippen LogP contribution in [0.3, 0.4) is 0 Å². The minimum atomic E-state index is -0.177. The Bertz CT molecular complexity index is 607. The Balaban J connectivity index is 1.89. The van der Waals surface area contributed by atoms with Gasteiger partial charge in [0.1, 0.15) is 5.75 Å². The lowest BCUT2D eigenvalue weighted by atomic mass is 9.87. The number of ether oxygens (including phenoxy) is 2. The first-order valence-electron chi connectivity index (χ1n) is 8.26. The Kier molecular flexibility index (Phi) is 5.06. The standard InChI is InChI=1S/C17H24N4O2/c1-11-3-4-15(22-2)14-8-13(7-12-5-6-19-9-12)23-16(17(11)14)10-20-21-18/h3-4,12-13,16,19H,5-10H2,1-2H3/t12?,13-,16-/m0/s1. The maximum absolute atomic E-state index is 8.68. The van der Waals surface area contributed by atoms with E-state index in [1.807, 2.05) is 12.1 Å². The Morgan fingerprint density at radius 2 is 2.35 bits per heavy atom. The van der Waals surface area contributed by atoms with Gasteiger partial charge >= 0.3 is 0 Å². The zero-order valence-corrected chi connectivity index (χ0v) is 13.8. The quantitative estimate of drug-likeness (QED) is 0.514. The number of rotatable bonds is 5. The number of benzene rings is 1. The summed E-state index contributed by atoms with van der Waals surface area (Å²) in [6.45, 7) is 4.57. The van der Waals surface area contributed by atoms with Crippen molar-refractivity contribution in [2.24, 2.45) is 11.0 Å². The number of azide groups is 1. The average molecular weight is 316 g/mol. The lowest BCUT2D eigenvalue weighted by molar-refractivity contribution is -0.0319. The van der Waals surface area contributed by atoms with Crippen molar-refractivity contribution in [3.8, 4) is 5.75 Å². The van der Waals surface area contributed by atoms with Gasteiger partial charge in [0.05, 0.1) is 25.9 Å². The maximum Gasteiger partial charge on any atom is 0.122 e. The summed E-state index contributed by atoms with van der Waals surface area (Å²) in [7, 11) is 1.71. The van der Waals surface area contributed by atoms with Crippen LogP contribution in [0.25, 0.3) is 10.4 Å². The second-order valence-electron chi connectivity index (χ2n) is 6.44. The summed E-state index contributed by atoms with van der Waals surface area (Å²) in [6.07, 6.45) is 3.09.